The van der Waals surface area contributed by atoms with Crippen molar-refractivity contribution in [2.24, 2.45) is 5.92 Å². The monoisotopic (exact) mass is 392 g/mol. The first-order chi connectivity index (χ1) is 14.2. The molecule has 1 aromatic heterocycles. The summed E-state index contributed by atoms with van der Waals surface area (Å²) in [4.78, 5) is 11.4. The Morgan fingerprint density at radius 1 is 1.24 bits per heavy atom. The summed E-state index contributed by atoms with van der Waals surface area (Å²) in [5.74, 6) is 0.680. The fourth-order valence-electron chi connectivity index (χ4n) is 4.23. The highest BCUT2D eigenvalue weighted by atomic mass is 15.2. The molecule has 2 aliphatic rings. The molecule has 6 heteroatoms. The maximum atomic E-state index is 4.43. The first kappa shape index (κ1) is 19.7. The Labute approximate surface area is 173 Å². The molecule has 1 saturated heterocycles. The van der Waals surface area contributed by atoms with Crippen LogP contribution in [-0.4, -0.2) is 47.1 Å². The number of benzene rings is 1. The lowest BCUT2D eigenvalue weighted by atomic mass is 9.96. The smallest absolute Gasteiger partial charge is 0.0890 e. The number of hydrogen-bond donors (Lipinski definition) is 3. The largest absolute Gasteiger partial charge is 0.385 e. The van der Waals surface area contributed by atoms with Crippen LogP contribution in [0.5, 0.6) is 0 Å². The number of fused-ring (bicyclic) bond motifs is 1. The molecule has 29 heavy (non-hydrogen) atoms. The zero-order valence-electron chi connectivity index (χ0n) is 17.7. The Kier molecular flexibility index (Phi) is 6.00. The predicted molar refractivity (Wildman–Crippen MR) is 118 cm³/mol. The van der Waals surface area contributed by atoms with Gasteiger partial charge in [-0.1, -0.05) is 26.3 Å². The molecular weight excluding hydrogens is 360 g/mol. The maximum absolute atomic E-state index is 4.43. The van der Waals surface area contributed by atoms with Crippen LogP contribution in [0, 0.1) is 5.92 Å². The SMILES string of the molecule is CC[C@H](C)C1CN(C2=C(C)CNC=C2NCc2ccc3nccnc3c2)CCN1. The molecular formula is C23H32N6. The molecule has 154 valence electrons. The number of rotatable bonds is 6. The Bertz CT molecular complexity index is 918. The Morgan fingerprint density at radius 2 is 2.07 bits per heavy atom. The molecule has 2 aliphatic heterocycles. The zero-order valence-corrected chi connectivity index (χ0v) is 17.7. The summed E-state index contributed by atoms with van der Waals surface area (Å²) in [5, 5.41) is 10.8. The van der Waals surface area contributed by atoms with Gasteiger partial charge in [0, 0.05) is 57.4 Å². The van der Waals surface area contributed by atoms with E-state index in [9.17, 15) is 0 Å². The fourth-order valence-corrected chi connectivity index (χ4v) is 4.23. The Morgan fingerprint density at radius 3 is 2.90 bits per heavy atom. The molecule has 1 aromatic carbocycles. The van der Waals surface area contributed by atoms with E-state index in [-0.39, 0.29) is 0 Å². The van der Waals surface area contributed by atoms with Crippen LogP contribution >= 0.6 is 0 Å². The van der Waals surface area contributed by atoms with Gasteiger partial charge >= 0.3 is 0 Å². The predicted octanol–water partition coefficient (Wildman–Crippen LogP) is 2.76. The second kappa shape index (κ2) is 8.82. The van der Waals surface area contributed by atoms with Gasteiger partial charge in [-0.25, -0.2) is 0 Å². The lowest BCUT2D eigenvalue weighted by Crippen LogP contribution is -2.53. The number of hydrogen-bond acceptors (Lipinski definition) is 6. The van der Waals surface area contributed by atoms with E-state index in [0.717, 1.165) is 43.8 Å². The third-order valence-electron chi connectivity index (χ3n) is 6.14. The van der Waals surface area contributed by atoms with Crippen LogP contribution in [0.2, 0.25) is 0 Å². The molecule has 1 unspecified atom stereocenters. The molecule has 2 aromatic rings. The van der Waals surface area contributed by atoms with Crippen molar-refractivity contribution >= 4 is 11.0 Å². The maximum Gasteiger partial charge on any atom is 0.0890 e. The highest BCUT2D eigenvalue weighted by molar-refractivity contribution is 5.74. The molecule has 4 rings (SSSR count). The molecule has 0 saturated carbocycles. The lowest BCUT2D eigenvalue weighted by molar-refractivity contribution is 0.203. The van der Waals surface area contributed by atoms with E-state index in [0.29, 0.717) is 12.0 Å². The summed E-state index contributed by atoms with van der Waals surface area (Å²) in [6.45, 7) is 11.7. The number of dihydropyridines is 1. The standard InChI is InChI=1S/C23H32N6/c1-4-16(2)22-15-29(10-9-27-22)23-17(3)12-24-14-21(23)28-13-18-5-6-19-20(11-18)26-8-7-25-19/h5-8,11,14,16,22,24,27-28H,4,9-10,12-13,15H2,1-3H3/t16-,22?/m0/s1. The Balaban J connectivity index is 1.49. The van der Waals surface area contributed by atoms with Gasteiger partial charge in [-0.2, -0.15) is 0 Å². The van der Waals surface area contributed by atoms with Crippen molar-refractivity contribution < 1.29 is 0 Å². The van der Waals surface area contributed by atoms with Crippen LogP contribution in [0.3, 0.4) is 0 Å². The van der Waals surface area contributed by atoms with Gasteiger partial charge in [0.15, 0.2) is 0 Å². The van der Waals surface area contributed by atoms with Crippen molar-refractivity contribution in [3.8, 4) is 0 Å². The number of nitrogens with one attached hydrogen (secondary N) is 3. The second-order valence-corrected chi connectivity index (χ2v) is 8.19. The minimum atomic E-state index is 0.546. The molecule has 0 aliphatic carbocycles. The summed E-state index contributed by atoms with van der Waals surface area (Å²) < 4.78 is 0. The summed E-state index contributed by atoms with van der Waals surface area (Å²) in [5.41, 5.74) is 7.01. The van der Waals surface area contributed by atoms with Crippen molar-refractivity contribution in [2.75, 3.05) is 26.2 Å². The zero-order chi connectivity index (χ0) is 20.2. The number of aromatic nitrogens is 2. The van der Waals surface area contributed by atoms with E-state index in [1.54, 1.807) is 12.4 Å². The van der Waals surface area contributed by atoms with Gasteiger partial charge in [0.1, 0.15) is 0 Å². The lowest BCUT2D eigenvalue weighted by Gasteiger charge is -2.41. The van der Waals surface area contributed by atoms with Crippen LogP contribution in [0.1, 0.15) is 32.8 Å². The third kappa shape index (κ3) is 4.37. The van der Waals surface area contributed by atoms with Crippen LogP contribution < -0.4 is 16.0 Å². The summed E-state index contributed by atoms with van der Waals surface area (Å²) >= 11 is 0. The summed E-state index contributed by atoms with van der Waals surface area (Å²) in [6.07, 6.45) is 6.81. The van der Waals surface area contributed by atoms with E-state index >= 15 is 0 Å². The summed E-state index contributed by atoms with van der Waals surface area (Å²) in [6, 6.07) is 6.83. The molecule has 6 nitrogen and oxygen atoms in total. The van der Waals surface area contributed by atoms with Crippen molar-refractivity contribution in [1.82, 2.24) is 30.8 Å². The highest BCUT2D eigenvalue weighted by Crippen LogP contribution is 2.24. The molecule has 0 amide bonds. The highest BCUT2D eigenvalue weighted by Gasteiger charge is 2.27. The van der Waals surface area contributed by atoms with Crippen molar-refractivity contribution in [2.45, 2.75) is 39.8 Å². The number of piperazine rings is 1. The van der Waals surface area contributed by atoms with Gasteiger partial charge in [0.25, 0.3) is 0 Å². The van der Waals surface area contributed by atoms with Crippen molar-refractivity contribution in [3.63, 3.8) is 0 Å². The van der Waals surface area contributed by atoms with E-state index < -0.39 is 0 Å². The number of nitrogens with zero attached hydrogens (tertiary/aromatic N) is 3. The van der Waals surface area contributed by atoms with E-state index in [1.807, 2.05) is 6.07 Å². The fraction of sp³-hybridized carbons (Fsp3) is 0.478. The molecule has 0 spiro atoms. The van der Waals surface area contributed by atoms with Gasteiger partial charge < -0.3 is 20.9 Å². The first-order valence-corrected chi connectivity index (χ1v) is 10.7. The minimum absolute atomic E-state index is 0.546. The van der Waals surface area contributed by atoms with E-state index in [4.69, 9.17) is 0 Å². The van der Waals surface area contributed by atoms with Crippen LogP contribution in [0.25, 0.3) is 11.0 Å². The minimum Gasteiger partial charge on any atom is -0.385 e. The normalized spacial score (nSPS) is 21.0. The average molecular weight is 393 g/mol. The van der Waals surface area contributed by atoms with Crippen molar-refractivity contribution in [3.05, 3.63) is 59.3 Å². The van der Waals surface area contributed by atoms with Gasteiger partial charge in [0.05, 0.1) is 22.4 Å². The van der Waals surface area contributed by atoms with Crippen molar-refractivity contribution in [1.29, 1.82) is 0 Å². The van der Waals surface area contributed by atoms with Crippen LogP contribution in [-0.2, 0) is 6.54 Å². The molecule has 0 radical (unpaired) electrons. The Hall–Kier alpha value is -2.60. The van der Waals surface area contributed by atoms with Gasteiger partial charge in [-0.05, 0) is 36.1 Å². The second-order valence-electron chi connectivity index (χ2n) is 8.19. The molecule has 3 heterocycles. The van der Waals surface area contributed by atoms with Crippen LogP contribution in [0.15, 0.2) is 53.8 Å². The summed E-state index contributed by atoms with van der Waals surface area (Å²) in [7, 11) is 0. The molecule has 2 atom stereocenters. The topological polar surface area (TPSA) is 65.1 Å². The van der Waals surface area contributed by atoms with E-state index in [2.05, 4.69) is 69.9 Å². The first-order valence-electron chi connectivity index (χ1n) is 10.7. The quantitative estimate of drug-likeness (QED) is 0.703. The average Bonchev–Trinajstić information content (AvgIpc) is 2.77. The van der Waals surface area contributed by atoms with Crippen LogP contribution in [0.4, 0.5) is 0 Å². The van der Waals surface area contributed by atoms with Gasteiger partial charge in [-0.15, -0.1) is 0 Å². The van der Waals surface area contributed by atoms with Gasteiger partial charge in [-0.3, -0.25) is 9.97 Å². The molecule has 1 fully saturated rings. The third-order valence-corrected chi connectivity index (χ3v) is 6.14. The van der Waals surface area contributed by atoms with Gasteiger partial charge in [0.2, 0.25) is 0 Å². The molecule has 0 bridgehead atoms. The van der Waals surface area contributed by atoms with E-state index in [1.165, 1.54) is 29.0 Å². The molecule has 3 N–H and O–H groups in total.